The third-order valence-corrected chi connectivity index (χ3v) is 8.79. The number of hydrogen-bond acceptors (Lipinski definition) is 4. The number of hydrogen-bond donors (Lipinski definition) is 1. The summed E-state index contributed by atoms with van der Waals surface area (Å²) in [6, 6.07) is 0. The molecule has 120 valence electrons. The zero-order valence-electron chi connectivity index (χ0n) is 13.3. The van der Waals surface area contributed by atoms with Crippen LogP contribution in [0.15, 0.2) is 11.6 Å². The minimum atomic E-state index is -2.97. The van der Waals surface area contributed by atoms with Crippen molar-refractivity contribution in [2.24, 2.45) is 11.8 Å². The summed E-state index contributed by atoms with van der Waals surface area (Å²) in [5, 5.41) is 8.64. The van der Waals surface area contributed by atoms with Crippen LogP contribution in [-0.2, 0) is 18.1 Å². The fraction of sp³-hybridized carbons (Fsp3) is 0.800. The van der Waals surface area contributed by atoms with Gasteiger partial charge in [-0.05, 0) is 37.5 Å². The Morgan fingerprint density at radius 3 is 2.33 bits per heavy atom. The number of carboxylic acids is 1. The van der Waals surface area contributed by atoms with Crippen molar-refractivity contribution in [2.45, 2.75) is 44.1 Å². The number of allylic oxidation sites excluding steroid dienone is 2. The Hall–Kier alpha value is -0.693. The second-order valence-corrected chi connectivity index (χ2v) is 9.73. The van der Waals surface area contributed by atoms with Crippen molar-refractivity contribution < 1.29 is 23.2 Å². The highest BCUT2D eigenvalue weighted by Gasteiger charge is 2.61. The van der Waals surface area contributed by atoms with Gasteiger partial charge in [0.25, 0.3) is 0 Å². The lowest BCUT2D eigenvalue weighted by molar-refractivity contribution is -0.137. The zero-order valence-corrected chi connectivity index (χ0v) is 14.3. The molecule has 0 spiro atoms. The SMILES string of the molecule is CO[Si](OC)(OC)C(C)(CCC(=O)O)C1=CC2CCC1C2. The molecule has 0 aromatic heterocycles. The van der Waals surface area contributed by atoms with Crippen LogP contribution in [-0.4, -0.2) is 41.2 Å². The Bertz CT molecular complexity index is 424. The van der Waals surface area contributed by atoms with Crippen molar-refractivity contribution in [3.8, 4) is 0 Å². The topological polar surface area (TPSA) is 65.0 Å². The summed E-state index contributed by atoms with van der Waals surface area (Å²) >= 11 is 0. The van der Waals surface area contributed by atoms with E-state index in [1.807, 2.05) is 0 Å². The molecule has 3 atom stereocenters. The molecule has 21 heavy (non-hydrogen) atoms. The zero-order chi connectivity index (χ0) is 15.7. The predicted molar refractivity (Wildman–Crippen MR) is 80.9 cm³/mol. The Kier molecular flexibility index (Phi) is 4.92. The Morgan fingerprint density at radius 2 is 1.95 bits per heavy atom. The quantitative estimate of drug-likeness (QED) is 0.551. The predicted octanol–water partition coefficient (Wildman–Crippen LogP) is 2.85. The molecular weight excluding hydrogens is 288 g/mol. The van der Waals surface area contributed by atoms with Gasteiger partial charge in [0.15, 0.2) is 0 Å². The minimum Gasteiger partial charge on any atom is -0.481 e. The van der Waals surface area contributed by atoms with Crippen LogP contribution >= 0.6 is 0 Å². The first kappa shape index (κ1) is 16.7. The van der Waals surface area contributed by atoms with Crippen LogP contribution in [0.4, 0.5) is 0 Å². The van der Waals surface area contributed by atoms with Gasteiger partial charge in [-0.25, -0.2) is 0 Å². The lowest BCUT2D eigenvalue weighted by atomic mass is 9.85. The molecule has 2 rings (SSSR count). The molecule has 0 aromatic carbocycles. The maximum atomic E-state index is 11.1. The van der Waals surface area contributed by atoms with Crippen LogP contribution in [0.5, 0.6) is 0 Å². The normalized spacial score (nSPS) is 27.5. The summed E-state index contributed by atoms with van der Waals surface area (Å²) in [5.74, 6) is 0.365. The summed E-state index contributed by atoms with van der Waals surface area (Å²) < 4.78 is 17.1. The second-order valence-electron chi connectivity index (χ2n) is 6.29. The first-order valence-electron chi connectivity index (χ1n) is 7.52. The third kappa shape index (κ3) is 2.70. The van der Waals surface area contributed by atoms with E-state index in [0.717, 1.165) is 0 Å². The molecule has 6 heteroatoms. The van der Waals surface area contributed by atoms with Gasteiger partial charge in [-0.15, -0.1) is 0 Å². The van der Waals surface area contributed by atoms with Crippen molar-refractivity contribution in [2.75, 3.05) is 21.3 Å². The number of carboxylic acid groups (broad SMARTS) is 1. The number of fused-ring (bicyclic) bond motifs is 2. The summed E-state index contributed by atoms with van der Waals surface area (Å²) in [5.41, 5.74) is 1.30. The molecule has 1 N–H and O–H groups in total. The van der Waals surface area contributed by atoms with Crippen LogP contribution in [0.3, 0.4) is 0 Å². The van der Waals surface area contributed by atoms with E-state index in [4.69, 9.17) is 18.4 Å². The summed E-state index contributed by atoms with van der Waals surface area (Å²) in [6.07, 6.45) is 6.51. The monoisotopic (exact) mass is 314 g/mol. The average molecular weight is 314 g/mol. The summed E-state index contributed by atoms with van der Waals surface area (Å²) in [4.78, 5) is 11.1. The minimum absolute atomic E-state index is 0.0933. The van der Waals surface area contributed by atoms with Crippen LogP contribution < -0.4 is 0 Å². The van der Waals surface area contributed by atoms with E-state index in [1.165, 1.54) is 24.8 Å². The Balaban J connectivity index is 2.38. The first-order chi connectivity index (χ1) is 9.92. The molecule has 2 aliphatic rings. The average Bonchev–Trinajstić information content (AvgIpc) is 3.10. The van der Waals surface area contributed by atoms with Crippen LogP contribution in [0.2, 0.25) is 5.04 Å². The maximum Gasteiger partial charge on any atom is 0.510 e. The lowest BCUT2D eigenvalue weighted by Crippen LogP contribution is -2.55. The molecule has 5 nitrogen and oxygen atoms in total. The standard InChI is InChI=1S/C15H26O5Si/c1-15(8-7-14(16)17,21(18-2,19-3)20-4)13-10-11-5-6-12(13)9-11/h10-12H,5-9H2,1-4H3,(H,16,17). The second kappa shape index (κ2) is 6.20. The van der Waals surface area contributed by atoms with E-state index in [-0.39, 0.29) is 6.42 Å². The van der Waals surface area contributed by atoms with Crippen LogP contribution in [0.25, 0.3) is 0 Å². The molecule has 0 aliphatic heterocycles. The van der Waals surface area contributed by atoms with Crippen LogP contribution in [0, 0.1) is 11.8 Å². The molecule has 0 amide bonds. The van der Waals surface area contributed by atoms with Crippen molar-refractivity contribution in [1.29, 1.82) is 0 Å². The fourth-order valence-corrected chi connectivity index (χ4v) is 7.16. The highest BCUT2D eigenvalue weighted by Crippen LogP contribution is 2.59. The van der Waals surface area contributed by atoms with Crippen molar-refractivity contribution in [3.63, 3.8) is 0 Å². The Morgan fingerprint density at radius 1 is 1.33 bits per heavy atom. The molecule has 1 saturated carbocycles. The molecular formula is C15H26O5Si. The van der Waals surface area contributed by atoms with E-state index >= 15 is 0 Å². The Labute approximate surface area is 127 Å². The molecule has 0 heterocycles. The molecule has 0 radical (unpaired) electrons. The maximum absolute atomic E-state index is 11.1. The molecule has 0 aromatic rings. The van der Waals surface area contributed by atoms with Gasteiger partial charge in [0.2, 0.25) is 0 Å². The third-order valence-electron chi connectivity index (χ3n) is 5.29. The summed E-state index contributed by atoms with van der Waals surface area (Å²) in [7, 11) is 1.84. The van der Waals surface area contributed by atoms with E-state index in [9.17, 15) is 4.79 Å². The molecule has 0 saturated heterocycles. The van der Waals surface area contributed by atoms with E-state index in [2.05, 4.69) is 13.0 Å². The molecule has 2 aliphatic carbocycles. The van der Waals surface area contributed by atoms with Gasteiger partial charge >= 0.3 is 14.8 Å². The number of rotatable bonds is 8. The number of aliphatic carboxylic acids is 1. The van der Waals surface area contributed by atoms with E-state index in [1.54, 1.807) is 21.3 Å². The fourth-order valence-electron chi connectivity index (χ4n) is 4.23. The van der Waals surface area contributed by atoms with E-state index < -0.39 is 19.8 Å². The van der Waals surface area contributed by atoms with E-state index in [0.29, 0.717) is 18.3 Å². The lowest BCUT2D eigenvalue weighted by Gasteiger charge is -2.44. The van der Waals surface area contributed by atoms with Crippen LogP contribution in [0.1, 0.15) is 39.0 Å². The van der Waals surface area contributed by atoms with Crippen molar-refractivity contribution in [3.05, 3.63) is 11.6 Å². The van der Waals surface area contributed by atoms with Gasteiger partial charge in [-0.1, -0.05) is 18.6 Å². The van der Waals surface area contributed by atoms with Crippen molar-refractivity contribution in [1.82, 2.24) is 0 Å². The highest BCUT2D eigenvalue weighted by molar-refractivity contribution is 6.65. The number of carbonyl (C=O) groups is 1. The van der Waals surface area contributed by atoms with Gasteiger partial charge in [0.1, 0.15) is 0 Å². The molecule has 3 unspecified atom stereocenters. The molecule has 2 bridgehead atoms. The smallest absolute Gasteiger partial charge is 0.481 e. The highest BCUT2D eigenvalue weighted by atomic mass is 28.4. The van der Waals surface area contributed by atoms with Gasteiger partial charge < -0.3 is 18.4 Å². The van der Waals surface area contributed by atoms with Gasteiger partial charge in [0, 0.05) is 27.8 Å². The largest absolute Gasteiger partial charge is 0.510 e. The summed E-state index contributed by atoms with van der Waals surface area (Å²) in [6.45, 7) is 2.06. The van der Waals surface area contributed by atoms with Crippen molar-refractivity contribution >= 4 is 14.8 Å². The van der Waals surface area contributed by atoms with Gasteiger partial charge in [-0.3, -0.25) is 4.79 Å². The first-order valence-corrected chi connectivity index (χ1v) is 9.24. The van der Waals surface area contributed by atoms with Gasteiger partial charge in [-0.2, -0.15) is 0 Å². The molecule has 1 fully saturated rings. The van der Waals surface area contributed by atoms with Gasteiger partial charge in [0.05, 0.1) is 5.04 Å².